The maximum Gasteiger partial charge on any atom is 0.238 e. The third-order valence-corrected chi connectivity index (χ3v) is 6.22. The van der Waals surface area contributed by atoms with Gasteiger partial charge in [-0.25, -0.2) is 0 Å². The molecule has 2 aliphatic heterocycles. The van der Waals surface area contributed by atoms with Crippen molar-refractivity contribution >= 4 is 5.91 Å². The summed E-state index contributed by atoms with van der Waals surface area (Å²) in [7, 11) is 0. The fourth-order valence-electron chi connectivity index (χ4n) is 4.60. The summed E-state index contributed by atoms with van der Waals surface area (Å²) < 4.78 is 5.66. The van der Waals surface area contributed by atoms with Crippen LogP contribution in [-0.4, -0.2) is 52.1 Å². The van der Waals surface area contributed by atoms with Crippen LogP contribution in [0, 0.1) is 12.3 Å². The predicted octanol–water partition coefficient (Wildman–Crippen LogP) is 3.00. The Morgan fingerprint density at radius 3 is 2.59 bits per heavy atom. The molecular formula is C21H28N4O2. The van der Waals surface area contributed by atoms with E-state index in [1.165, 1.54) is 5.56 Å². The second-order valence-electron chi connectivity index (χ2n) is 8.10. The minimum absolute atomic E-state index is 0.0698. The Hall–Kier alpha value is -2.21. The zero-order chi connectivity index (χ0) is 18.9. The lowest BCUT2D eigenvalue weighted by Crippen LogP contribution is -2.42. The molecule has 1 amide bonds. The molecule has 3 heterocycles. The van der Waals surface area contributed by atoms with E-state index in [1.807, 2.05) is 4.90 Å². The molecule has 6 heteroatoms. The van der Waals surface area contributed by atoms with Crippen LogP contribution in [0.5, 0.6) is 0 Å². The first kappa shape index (κ1) is 18.2. The van der Waals surface area contributed by atoms with Crippen LogP contribution in [0.4, 0.5) is 0 Å². The number of nitrogens with zero attached hydrogens (tertiary/aromatic N) is 4. The molecule has 0 bridgehead atoms. The molecule has 1 aromatic carbocycles. The van der Waals surface area contributed by atoms with Gasteiger partial charge in [-0.05, 0) is 49.8 Å². The fraction of sp³-hybridized carbons (Fsp3) is 0.571. The second-order valence-corrected chi connectivity index (χ2v) is 8.10. The maximum atomic E-state index is 12.2. The van der Waals surface area contributed by atoms with Crippen LogP contribution in [0.1, 0.15) is 49.6 Å². The maximum absolute atomic E-state index is 12.2. The summed E-state index contributed by atoms with van der Waals surface area (Å²) in [5, 5.41) is 8.16. The Kier molecular flexibility index (Phi) is 5.00. The lowest BCUT2D eigenvalue weighted by molar-refractivity contribution is -0.130. The summed E-state index contributed by atoms with van der Waals surface area (Å²) in [6, 6.07) is 10.6. The summed E-state index contributed by atoms with van der Waals surface area (Å²) >= 11 is 0. The zero-order valence-electron chi connectivity index (χ0n) is 16.2. The molecule has 2 aromatic rings. The predicted molar refractivity (Wildman–Crippen MR) is 102 cm³/mol. The van der Waals surface area contributed by atoms with Crippen molar-refractivity contribution in [2.24, 2.45) is 5.41 Å². The van der Waals surface area contributed by atoms with Gasteiger partial charge in [0, 0.05) is 26.9 Å². The molecule has 6 nitrogen and oxygen atoms in total. The lowest BCUT2D eigenvalue weighted by Gasteiger charge is -2.39. The van der Waals surface area contributed by atoms with Gasteiger partial charge < -0.3 is 14.2 Å². The molecule has 2 aliphatic rings. The Bertz CT molecular complexity index is 780. The number of rotatable bonds is 4. The summed E-state index contributed by atoms with van der Waals surface area (Å²) in [4.78, 5) is 16.7. The SMILES string of the molecule is CC(=O)N1CC2(CCN(CCc3ccccc3)CC2)CC1c1nnc(C)o1. The molecule has 27 heavy (non-hydrogen) atoms. The zero-order valence-corrected chi connectivity index (χ0v) is 16.2. The minimum atomic E-state index is -0.0698. The van der Waals surface area contributed by atoms with Gasteiger partial charge in [0.1, 0.15) is 6.04 Å². The van der Waals surface area contributed by atoms with Crippen molar-refractivity contribution in [3.63, 3.8) is 0 Å². The van der Waals surface area contributed by atoms with Crippen LogP contribution in [0.2, 0.25) is 0 Å². The van der Waals surface area contributed by atoms with Gasteiger partial charge in [0.25, 0.3) is 0 Å². The largest absolute Gasteiger partial charge is 0.423 e. The number of hydrogen-bond donors (Lipinski definition) is 0. The smallest absolute Gasteiger partial charge is 0.238 e. The van der Waals surface area contributed by atoms with Crippen LogP contribution in [0.3, 0.4) is 0 Å². The van der Waals surface area contributed by atoms with Crippen molar-refractivity contribution < 1.29 is 9.21 Å². The number of hydrogen-bond acceptors (Lipinski definition) is 5. The molecule has 1 spiro atoms. The molecule has 4 rings (SSSR count). The fourth-order valence-corrected chi connectivity index (χ4v) is 4.60. The number of aryl methyl sites for hydroxylation is 1. The molecule has 1 unspecified atom stereocenters. The van der Waals surface area contributed by atoms with Gasteiger partial charge in [-0.1, -0.05) is 30.3 Å². The van der Waals surface area contributed by atoms with E-state index >= 15 is 0 Å². The van der Waals surface area contributed by atoms with E-state index in [9.17, 15) is 4.79 Å². The Morgan fingerprint density at radius 1 is 1.22 bits per heavy atom. The summed E-state index contributed by atoms with van der Waals surface area (Å²) in [5.41, 5.74) is 1.58. The van der Waals surface area contributed by atoms with E-state index in [-0.39, 0.29) is 17.4 Å². The number of carbonyl (C=O) groups excluding carboxylic acids is 1. The van der Waals surface area contributed by atoms with Crippen LogP contribution >= 0.6 is 0 Å². The van der Waals surface area contributed by atoms with Crippen molar-refractivity contribution in [1.82, 2.24) is 20.0 Å². The third-order valence-electron chi connectivity index (χ3n) is 6.22. The van der Waals surface area contributed by atoms with Crippen LogP contribution in [0.15, 0.2) is 34.7 Å². The van der Waals surface area contributed by atoms with Gasteiger partial charge in [0.2, 0.25) is 17.7 Å². The molecule has 2 saturated heterocycles. The van der Waals surface area contributed by atoms with E-state index in [1.54, 1.807) is 13.8 Å². The van der Waals surface area contributed by atoms with Gasteiger partial charge >= 0.3 is 0 Å². The number of likely N-dealkylation sites (tertiary alicyclic amines) is 2. The van der Waals surface area contributed by atoms with E-state index in [0.717, 1.165) is 51.9 Å². The highest BCUT2D eigenvalue weighted by Gasteiger charge is 2.48. The van der Waals surface area contributed by atoms with Crippen molar-refractivity contribution in [3.8, 4) is 0 Å². The van der Waals surface area contributed by atoms with E-state index in [4.69, 9.17) is 4.42 Å². The Morgan fingerprint density at radius 2 is 1.96 bits per heavy atom. The summed E-state index contributed by atoms with van der Waals surface area (Å²) in [6.07, 6.45) is 4.27. The number of piperidine rings is 1. The lowest BCUT2D eigenvalue weighted by atomic mass is 9.76. The van der Waals surface area contributed by atoms with Gasteiger partial charge in [-0.2, -0.15) is 0 Å². The van der Waals surface area contributed by atoms with Gasteiger partial charge in [-0.3, -0.25) is 4.79 Å². The van der Waals surface area contributed by atoms with Crippen LogP contribution in [-0.2, 0) is 11.2 Å². The average Bonchev–Trinajstić information content (AvgIpc) is 3.26. The minimum Gasteiger partial charge on any atom is -0.423 e. The number of amides is 1. The quantitative estimate of drug-likeness (QED) is 0.830. The molecular weight excluding hydrogens is 340 g/mol. The van der Waals surface area contributed by atoms with Crippen molar-refractivity contribution in [3.05, 3.63) is 47.7 Å². The molecule has 2 fully saturated rings. The molecule has 1 atom stereocenters. The van der Waals surface area contributed by atoms with Crippen LogP contribution in [0.25, 0.3) is 0 Å². The first-order valence-corrected chi connectivity index (χ1v) is 9.88. The summed E-state index contributed by atoms with van der Waals surface area (Å²) in [5.74, 6) is 1.25. The Balaban J connectivity index is 1.38. The highest BCUT2D eigenvalue weighted by Crippen LogP contribution is 2.48. The van der Waals surface area contributed by atoms with Gasteiger partial charge in [-0.15, -0.1) is 10.2 Å². The van der Waals surface area contributed by atoms with Crippen molar-refractivity contribution in [2.75, 3.05) is 26.2 Å². The van der Waals surface area contributed by atoms with Gasteiger partial charge in [0.05, 0.1) is 0 Å². The highest BCUT2D eigenvalue weighted by atomic mass is 16.4. The van der Waals surface area contributed by atoms with E-state index < -0.39 is 0 Å². The first-order valence-electron chi connectivity index (χ1n) is 9.88. The normalized spacial score (nSPS) is 22.4. The molecule has 144 valence electrons. The molecule has 0 aliphatic carbocycles. The average molecular weight is 368 g/mol. The first-order chi connectivity index (χ1) is 13.0. The third kappa shape index (κ3) is 3.90. The van der Waals surface area contributed by atoms with E-state index in [0.29, 0.717) is 11.8 Å². The van der Waals surface area contributed by atoms with Gasteiger partial charge in [0.15, 0.2) is 0 Å². The topological polar surface area (TPSA) is 62.5 Å². The molecule has 0 saturated carbocycles. The number of benzene rings is 1. The summed E-state index contributed by atoms with van der Waals surface area (Å²) in [6.45, 7) is 7.53. The second kappa shape index (κ2) is 7.43. The molecule has 1 aromatic heterocycles. The number of aromatic nitrogens is 2. The highest BCUT2D eigenvalue weighted by molar-refractivity contribution is 5.74. The number of carbonyl (C=O) groups is 1. The Labute approximate surface area is 160 Å². The standard InChI is InChI=1S/C21H28N4O2/c1-16-22-23-20(27-16)19-14-21(15-25(19)17(2)26)9-12-24(13-10-21)11-8-18-6-4-3-5-7-18/h3-7,19H,8-15H2,1-2H3. The molecule has 0 radical (unpaired) electrons. The van der Waals surface area contributed by atoms with Crippen LogP contribution < -0.4 is 0 Å². The van der Waals surface area contributed by atoms with Crippen molar-refractivity contribution in [1.29, 1.82) is 0 Å². The van der Waals surface area contributed by atoms with Crippen molar-refractivity contribution in [2.45, 2.75) is 45.6 Å². The molecule has 0 N–H and O–H groups in total. The monoisotopic (exact) mass is 368 g/mol. The van der Waals surface area contributed by atoms with E-state index in [2.05, 4.69) is 45.4 Å².